The fourth-order valence-electron chi connectivity index (χ4n) is 2.93. The van der Waals surface area contributed by atoms with E-state index in [4.69, 9.17) is 0 Å². The van der Waals surface area contributed by atoms with Crippen molar-refractivity contribution in [3.63, 3.8) is 0 Å². The second-order valence-corrected chi connectivity index (χ2v) is 7.23. The molecule has 1 heterocycles. The van der Waals surface area contributed by atoms with Crippen molar-refractivity contribution in [2.24, 2.45) is 11.8 Å². The summed E-state index contributed by atoms with van der Waals surface area (Å²) in [5, 5.41) is 0.668. The van der Waals surface area contributed by atoms with E-state index in [1.54, 1.807) is 32.0 Å². The van der Waals surface area contributed by atoms with Gasteiger partial charge in [0.2, 0.25) is 0 Å². The van der Waals surface area contributed by atoms with Crippen molar-refractivity contribution in [2.45, 2.75) is 47.0 Å². The van der Waals surface area contributed by atoms with Gasteiger partial charge in [-0.2, -0.15) is 0 Å². The predicted molar refractivity (Wildman–Crippen MR) is 97.5 cm³/mol. The smallest absolute Gasteiger partial charge is 0.149 e. The second kappa shape index (κ2) is 8.32. The number of allylic oxidation sites excluding steroid dienone is 2. The van der Waals surface area contributed by atoms with Gasteiger partial charge in [-0.1, -0.05) is 26.0 Å². The van der Waals surface area contributed by atoms with E-state index in [-0.39, 0.29) is 36.2 Å². The van der Waals surface area contributed by atoms with Gasteiger partial charge in [0.05, 0.1) is 5.83 Å². The maximum atomic E-state index is 14.1. The van der Waals surface area contributed by atoms with Gasteiger partial charge in [-0.05, 0) is 49.5 Å². The van der Waals surface area contributed by atoms with Crippen LogP contribution in [0.3, 0.4) is 0 Å². The molecule has 0 amide bonds. The van der Waals surface area contributed by atoms with Gasteiger partial charge < -0.3 is 0 Å². The number of hydrogen-bond acceptors (Lipinski definition) is 2. The molecule has 2 aromatic rings. The van der Waals surface area contributed by atoms with Crippen LogP contribution < -0.4 is 0 Å². The average molecular weight is 345 g/mol. The molecule has 0 spiro atoms. The number of benzene rings is 1. The number of carbonyl (C=O) groups excluding carboxylic acids is 1. The van der Waals surface area contributed by atoms with Gasteiger partial charge in [0, 0.05) is 30.3 Å². The molecular formula is C21H25F2NO. The number of hydrogen-bond donors (Lipinski definition) is 0. The lowest BCUT2D eigenvalue weighted by atomic mass is 9.87. The van der Waals surface area contributed by atoms with Gasteiger partial charge in [0.25, 0.3) is 0 Å². The molecule has 1 atom stereocenters. The minimum atomic E-state index is -0.376. The SMILES string of the molecule is CC(C)=C(F)CC(CC(C)C)C(=O)Cc1cnc2c(F)cccc2c1. The number of fused-ring (bicyclic) bond motifs is 1. The highest BCUT2D eigenvalue weighted by molar-refractivity contribution is 5.85. The Bertz CT molecular complexity index is 792. The number of pyridine rings is 1. The van der Waals surface area contributed by atoms with E-state index in [1.807, 2.05) is 13.8 Å². The fraction of sp³-hybridized carbons (Fsp3) is 0.429. The summed E-state index contributed by atoms with van der Waals surface area (Å²) in [6, 6.07) is 6.54. The van der Waals surface area contributed by atoms with Gasteiger partial charge in [-0.25, -0.2) is 8.78 Å². The molecule has 0 aliphatic heterocycles. The summed E-state index contributed by atoms with van der Waals surface area (Å²) in [4.78, 5) is 16.9. The van der Waals surface area contributed by atoms with E-state index in [1.165, 1.54) is 12.3 Å². The molecule has 0 bridgehead atoms. The highest BCUT2D eigenvalue weighted by atomic mass is 19.1. The molecule has 1 unspecified atom stereocenters. The summed E-state index contributed by atoms with van der Waals surface area (Å²) in [5.74, 6) is -0.625. The van der Waals surface area contributed by atoms with Crippen LogP contribution in [0.5, 0.6) is 0 Å². The number of rotatable bonds is 7. The minimum absolute atomic E-state index is 0.00246. The van der Waals surface area contributed by atoms with Crippen molar-refractivity contribution in [2.75, 3.05) is 0 Å². The van der Waals surface area contributed by atoms with Crippen molar-refractivity contribution in [3.8, 4) is 0 Å². The highest BCUT2D eigenvalue weighted by Gasteiger charge is 2.22. The number of Topliss-reactive ketones (excluding diaryl/α,β-unsaturated/α-hetero) is 1. The summed E-state index contributed by atoms with van der Waals surface area (Å²) in [6.07, 6.45) is 2.52. The topological polar surface area (TPSA) is 30.0 Å². The summed E-state index contributed by atoms with van der Waals surface area (Å²) in [7, 11) is 0. The molecule has 0 saturated carbocycles. The number of nitrogens with zero attached hydrogens (tertiary/aromatic N) is 1. The maximum absolute atomic E-state index is 14.1. The van der Waals surface area contributed by atoms with Crippen molar-refractivity contribution in [1.82, 2.24) is 4.98 Å². The normalized spacial score (nSPS) is 12.4. The molecule has 0 radical (unpaired) electrons. The lowest BCUT2D eigenvalue weighted by Gasteiger charge is -2.18. The summed E-state index contributed by atoms with van der Waals surface area (Å²) in [6.45, 7) is 7.49. The van der Waals surface area contributed by atoms with Crippen molar-refractivity contribution in [3.05, 3.63) is 53.2 Å². The lowest BCUT2D eigenvalue weighted by molar-refractivity contribution is -0.122. The Hall–Kier alpha value is -2.10. The molecule has 0 saturated heterocycles. The zero-order valence-electron chi connectivity index (χ0n) is 15.3. The van der Waals surface area contributed by atoms with E-state index in [0.29, 0.717) is 28.8 Å². The Morgan fingerprint density at radius 3 is 2.60 bits per heavy atom. The average Bonchev–Trinajstić information content (AvgIpc) is 2.53. The summed E-state index contributed by atoms with van der Waals surface area (Å²) in [5.41, 5.74) is 1.65. The third-order valence-electron chi connectivity index (χ3n) is 4.28. The quantitative estimate of drug-likeness (QED) is 0.634. The number of aromatic nitrogens is 1. The van der Waals surface area contributed by atoms with Crippen LogP contribution in [0.4, 0.5) is 8.78 Å². The first kappa shape index (κ1) is 19.2. The highest BCUT2D eigenvalue weighted by Crippen LogP contribution is 2.25. The first-order chi connectivity index (χ1) is 11.8. The van der Waals surface area contributed by atoms with Crippen LogP contribution in [0.25, 0.3) is 10.9 Å². The van der Waals surface area contributed by atoms with E-state index in [2.05, 4.69) is 4.98 Å². The molecular weight excluding hydrogens is 320 g/mol. The van der Waals surface area contributed by atoms with Gasteiger partial charge in [0.1, 0.15) is 17.1 Å². The fourth-order valence-corrected chi connectivity index (χ4v) is 2.93. The third kappa shape index (κ3) is 5.18. The number of para-hydroxylation sites is 1. The molecule has 2 rings (SSSR count). The van der Waals surface area contributed by atoms with Gasteiger partial charge in [0.15, 0.2) is 0 Å². The Morgan fingerprint density at radius 1 is 1.24 bits per heavy atom. The van der Waals surface area contributed by atoms with Crippen LogP contribution in [-0.4, -0.2) is 10.8 Å². The Morgan fingerprint density at radius 2 is 1.96 bits per heavy atom. The molecule has 2 nitrogen and oxygen atoms in total. The number of ketones is 1. The van der Waals surface area contributed by atoms with Crippen molar-refractivity contribution in [1.29, 1.82) is 0 Å². The summed E-state index contributed by atoms with van der Waals surface area (Å²) < 4.78 is 27.7. The monoisotopic (exact) mass is 345 g/mol. The first-order valence-corrected chi connectivity index (χ1v) is 8.65. The zero-order chi connectivity index (χ0) is 18.6. The minimum Gasteiger partial charge on any atom is -0.299 e. The Kier molecular flexibility index (Phi) is 6.40. The van der Waals surface area contributed by atoms with E-state index in [0.717, 1.165) is 5.56 Å². The van der Waals surface area contributed by atoms with Crippen LogP contribution in [0.1, 0.15) is 46.1 Å². The standard InChI is InChI=1S/C21H25F2NO/c1-13(2)8-17(11-19(23)14(3)4)20(25)10-15-9-16-6-5-7-18(22)21(16)24-12-15/h5-7,9,12-13,17H,8,10-11H2,1-4H3. The molecule has 1 aromatic carbocycles. The number of halogens is 2. The maximum Gasteiger partial charge on any atom is 0.149 e. The van der Waals surface area contributed by atoms with Gasteiger partial charge in [-0.15, -0.1) is 0 Å². The van der Waals surface area contributed by atoms with Gasteiger partial charge >= 0.3 is 0 Å². The van der Waals surface area contributed by atoms with Crippen molar-refractivity contribution >= 4 is 16.7 Å². The van der Waals surface area contributed by atoms with Crippen molar-refractivity contribution < 1.29 is 13.6 Å². The molecule has 1 aromatic heterocycles. The molecule has 134 valence electrons. The molecule has 0 fully saturated rings. The number of carbonyl (C=O) groups is 1. The molecule has 0 aliphatic carbocycles. The summed E-state index contributed by atoms with van der Waals surface area (Å²) >= 11 is 0. The zero-order valence-corrected chi connectivity index (χ0v) is 15.3. The second-order valence-electron chi connectivity index (χ2n) is 7.23. The lowest BCUT2D eigenvalue weighted by Crippen LogP contribution is -2.19. The Balaban J connectivity index is 2.20. The Labute approximate surface area is 148 Å². The molecule has 0 N–H and O–H groups in total. The largest absolute Gasteiger partial charge is 0.299 e. The van der Waals surface area contributed by atoms with E-state index in [9.17, 15) is 13.6 Å². The van der Waals surface area contributed by atoms with E-state index < -0.39 is 0 Å². The van der Waals surface area contributed by atoms with Crippen LogP contribution in [0.2, 0.25) is 0 Å². The third-order valence-corrected chi connectivity index (χ3v) is 4.28. The van der Waals surface area contributed by atoms with Gasteiger partial charge in [-0.3, -0.25) is 9.78 Å². The molecule has 0 aliphatic rings. The van der Waals surface area contributed by atoms with Crippen LogP contribution in [0.15, 0.2) is 41.9 Å². The van der Waals surface area contributed by atoms with Crippen LogP contribution in [-0.2, 0) is 11.2 Å². The molecule has 25 heavy (non-hydrogen) atoms. The van der Waals surface area contributed by atoms with Crippen LogP contribution in [0, 0.1) is 17.7 Å². The molecule has 4 heteroatoms. The first-order valence-electron chi connectivity index (χ1n) is 8.65. The van der Waals surface area contributed by atoms with Crippen LogP contribution >= 0.6 is 0 Å². The van der Waals surface area contributed by atoms with E-state index >= 15 is 0 Å². The predicted octanol–water partition coefficient (Wildman–Crippen LogP) is 5.80.